The molecule has 14 aromatic rings. The van der Waals surface area contributed by atoms with Gasteiger partial charge in [-0.2, -0.15) is 0 Å². The molecule has 14 nitrogen and oxygen atoms in total. The Morgan fingerprint density at radius 2 is 0.496 bits per heavy atom. The molecule has 0 fully saturated rings. The van der Waals surface area contributed by atoms with Crippen molar-refractivity contribution in [3.05, 3.63) is 373 Å². The molecule has 0 spiro atoms. The number of rotatable bonds is 18. The first-order chi connectivity index (χ1) is 56.0. The number of para-hydroxylation sites is 1. The SMILES string of the molecule is COc1ccc2c(c1)-c1ccccc1P(=O)(/C=C/c1ccc(N(c3ccccc3)c3ccc(/C=C/P4(=O)Oc5ccc(OC)cc5-c5ccccc54)cc3)cc1)O2.COc1ccc2c(c1)-c1ccccc1P(=O)(/C=C/c1ccc(P(=O)(c3ccccc3)c3ccc(/C=C/P4(=O)Oc5ccc(OC)cc5-c5ccccc54)cc3)cc1)O2. The second-order valence-corrected chi connectivity index (χ2v) is 38.9. The summed E-state index contributed by atoms with van der Waals surface area (Å²) in [4.78, 5) is 2.17. The lowest BCUT2D eigenvalue weighted by Gasteiger charge is -2.27. The van der Waals surface area contributed by atoms with E-state index in [1.807, 2.05) is 303 Å². The van der Waals surface area contributed by atoms with Crippen molar-refractivity contribution in [2.75, 3.05) is 33.3 Å². The second kappa shape index (κ2) is 31.4. The monoisotopic (exact) mass is 1600 g/mol. The minimum atomic E-state index is -3.43. The zero-order valence-electron chi connectivity index (χ0n) is 62.8. The fourth-order valence-corrected chi connectivity index (χ4v) is 25.2. The minimum absolute atomic E-state index is 0.530. The highest BCUT2D eigenvalue weighted by Crippen LogP contribution is 2.61. The number of nitrogens with zero attached hydrogens (tertiary/aromatic N) is 1. The standard InChI is InChI=1S/C48H37NO6P2.C48H37O7P3/c1-52-39-24-26-45-43(32-39)41-12-6-8-14-47(41)56(50,54-45)30-28-34-16-20-37(21-17-34)49(36-10-4-3-5-11-36)38-22-18-35(19-23-38)29-31-57(51)48-15-9-7-13-42(48)44-33-40(53-2)25-27-46(44)55-57;1-52-36-20-26-45-43(32-36)41-12-6-8-14-47(41)56(49,54-45)30-28-34-16-22-39(23-17-34)58(51,38-10-4-3-5-11-38)40-24-18-35(19-25-40)29-31-57(50)48-15-9-7-13-42(48)44-33-37(53-2)21-27-46(44)55-57/h3-33H,1-2H3;3-33H,1-2H3/b2*30-28+,31-29+. The first kappa shape index (κ1) is 75.1. The van der Waals surface area contributed by atoms with Crippen LogP contribution in [0.15, 0.2) is 351 Å². The van der Waals surface area contributed by atoms with Gasteiger partial charge in [0.1, 0.15) is 46.0 Å². The van der Waals surface area contributed by atoms with Gasteiger partial charge in [-0.3, -0.25) is 18.3 Å². The Labute approximate surface area is 667 Å². The zero-order chi connectivity index (χ0) is 78.9. The average Bonchev–Trinajstić information content (AvgIpc) is 0.756. The molecule has 0 saturated heterocycles. The first-order valence-corrected chi connectivity index (χ1v) is 45.5. The summed E-state index contributed by atoms with van der Waals surface area (Å²) in [5, 5.41) is 4.54. The van der Waals surface area contributed by atoms with Crippen LogP contribution in [0.3, 0.4) is 0 Å². The van der Waals surface area contributed by atoms with Gasteiger partial charge in [0.15, 0.2) is 7.14 Å². The van der Waals surface area contributed by atoms with Crippen molar-refractivity contribution in [2.45, 2.75) is 0 Å². The third-order valence-electron chi connectivity index (χ3n) is 20.6. The maximum Gasteiger partial charge on any atom is 0.300 e. The molecule has 0 aliphatic carbocycles. The van der Waals surface area contributed by atoms with Crippen LogP contribution in [-0.2, 0) is 22.8 Å². The van der Waals surface area contributed by atoms with E-state index in [1.165, 1.54) is 0 Å². The second-order valence-electron chi connectivity index (χ2n) is 27.5. The van der Waals surface area contributed by atoms with Gasteiger partial charge in [0.05, 0.1) is 49.7 Å². The van der Waals surface area contributed by atoms with E-state index in [9.17, 15) is 18.3 Å². The number of benzene rings is 14. The quantitative estimate of drug-likeness (QED) is 0.0746. The van der Waals surface area contributed by atoms with Crippen LogP contribution in [0.5, 0.6) is 46.0 Å². The molecular formula is C96H74NO13P5. The molecule has 4 atom stereocenters. The minimum Gasteiger partial charge on any atom is -0.497 e. The van der Waals surface area contributed by atoms with Gasteiger partial charge in [0.2, 0.25) is 0 Å². The van der Waals surface area contributed by atoms with Crippen LogP contribution >= 0.6 is 36.6 Å². The molecule has 19 heteroatoms. The molecule has 4 heterocycles. The van der Waals surface area contributed by atoms with Crippen molar-refractivity contribution < 1.29 is 59.9 Å². The molecule has 0 bridgehead atoms. The smallest absolute Gasteiger partial charge is 0.300 e. The fourth-order valence-electron chi connectivity index (χ4n) is 14.7. The number of anilines is 3. The highest BCUT2D eigenvalue weighted by molar-refractivity contribution is 7.85. The summed E-state index contributed by atoms with van der Waals surface area (Å²) >= 11 is 0. The van der Waals surface area contributed by atoms with E-state index in [4.69, 9.17) is 37.0 Å². The molecule has 0 radical (unpaired) electrons. The van der Waals surface area contributed by atoms with Crippen LogP contribution in [0.4, 0.5) is 17.1 Å². The van der Waals surface area contributed by atoms with E-state index in [2.05, 4.69) is 17.0 Å². The number of hydrogen-bond acceptors (Lipinski definition) is 14. The molecule has 566 valence electrons. The van der Waals surface area contributed by atoms with Gasteiger partial charge in [0, 0.05) is 78.5 Å². The highest BCUT2D eigenvalue weighted by atomic mass is 31.2. The van der Waals surface area contributed by atoms with Crippen LogP contribution < -0.4 is 79.1 Å². The molecule has 4 unspecified atom stereocenters. The average molecular weight is 1600 g/mol. The molecule has 0 amide bonds. The lowest BCUT2D eigenvalue weighted by atomic mass is 10.0. The van der Waals surface area contributed by atoms with Crippen molar-refractivity contribution in [3.8, 4) is 90.5 Å². The Hall–Kier alpha value is -12.6. The molecule has 18 rings (SSSR count). The molecule has 14 aromatic carbocycles. The number of ether oxygens (including phenoxy) is 4. The summed E-state index contributed by atoms with van der Waals surface area (Å²) < 4.78 is 120. The van der Waals surface area contributed by atoms with Crippen LogP contribution in [0, 0.1) is 0 Å². The van der Waals surface area contributed by atoms with E-state index in [1.54, 1.807) is 88.1 Å². The van der Waals surface area contributed by atoms with Crippen molar-refractivity contribution in [2.24, 2.45) is 0 Å². The molecule has 0 saturated carbocycles. The van der Waals surface area contributed by atoms with Crippen molar-refractivity contribution in [1.29, 1.82) is 0 Å². The Balaban J connectivity index is 0.000000166. The Kier molecular flexibility index (Phi) is 20.5. The van der Waals surface area contributed by atoms with Crippen LogP contribution in [0.25, 0.3) is 68.8 Å². The van der Waals surface area contributed by atoms with E-state index in [0.29, 0.717) is 83.1 Å². The fraction of sp³-hybridized carbons (Fsp3) is 0.0417. The van der Waals surface area contributed by atoms with Crippen LogP contribution in [-0.4, -0.2) is 28.4 Å². The summed E-state index contributed by atoms with van der Waals surface area (Å²) in [5.41, 5.74) is 13.0. The summed E-state index contributed by atoms with van der Waals surface area (Å²) in [6.07, 6.45) is 7.30. The molecule has 0 aromatic heterocycles. The number of methoxy groups -OCH3 is 4. The Morgan fingerprint density at radius 3 is 0.774 bits per heavy atom. The number of hydrogen-bond donors (Lipinski definition) is 0. The van der Waals surface area contributed by atoms with E-state index in [-0.39, 0.29) is 0 Å². The lowest BCUT2D eigenvalue weighted by molar-refractivity contribution is 0.414. The first-order valence-electron chi connectivity index (χ1n) is 37.0. The van der Waals surface area contributed by atoms with Crippen molar-refractivity contribution in [3.63, 3.8) is 0 Å². The van der Waals surface area contributed by atoms with Gasteiger partial charge in [-0.25, -0.2) is 0 Å². The normalized spacial score (nSPS) is 18.3. The van der Waals surface area contributed by atoms with E-state index in [0.717, 1.165) is 83.8 Å². The molecule has 4 aliphatic heterocycles. The van der Waals surface area contributed by atoms with Gasteiger partial charge in [-0.05, 0) is 202 Å². The number of fused-ring (bicyclic) bond motifs is 12. The van der Waals surface area contributed by atoms with Gasteiger partial charge in [0.25, 0.3) is 29.5 Å². The summed E-state index contributed by atoms with van der Waals surface area (Å²) in [6.45, 7) is 0. The van der Waals surface area contributed by atoms with Crippen molar-refractivity contribution >= 4 is 115 Å². The Morgan fingerprint density at radius 1 is 0.261 bits per heavy atom. The van der Waals surface area contributed by atoms with Crippen molar-refractivity contribution in [1.82, 2.24) is 0 Å². The Bertz CT molecular complexity index is 6120. The zero-order valence-corrected chi connectivity index (χ0v) is 67.3. The largest absolute Gasteiger partial charge is 0.497 e. The summed E-state index contributed by atoms with van der Waals surface area (Å²) in [6, 6.07) is 103. The third kappa shape index (κ3) is 14.7. The van der Waals surface area contributed by atoms with Gasteiger partial charge >= 0.3 is 0 Å². The summed E-state index contributed by atoms with van der Waals surface area (Å²) in [5.74, 6) is 11.6. The molecule has 115 heavy (non-hydrogen) atoms. The molecule has 0 N–H and O–H groups in total. The van der Waals surface area contributed by atoms with Crippen LogP contribution in [0.1, 0.15) is 22.3 Å². The predicted molar refractivity (Wildman–Crippen MR) is 468 cm³/mol. The van der Waals surface area contributed by atoms with Gasteiger partial charge in [-0.15, -0.1) is 0 Å². The summed E-state index contributed by atoms with van der Waals surface area (Å²) in [7, 11) is -10.5. The van der Waals surface area contributed by atoms with Crippen LogP contribution in [0.2, 0.25) is 0 Å². The molecular weight excluding hydrogens is 1530 g/mol. The lowest BCUT2D eigenvalue weighted by Crippen LogP contribution is -2.25. The maximum absolute atomic E-state index is 15.4. The topological polar surface area (TPSA) is 162 Å². The third-order valence-corrected chi connectivity index (χ3v) is 32.0. The maximum atomic E-state index is 15.4. The van der Waals surface area contributed by atoms with Gasteiger partial charge < -0.3 is 46.5 Å². The predicted octanol–water partition coefficient (Wildman–Crippen LogP) is 23.1. The van der Waals surface area contributed by atoms with E-state index < -0.39 is 36.6 Å². The van der Waals surface area contributed by atoms with E-state index >= 15 is 4.57 Å². The molecule has 4 aliphatic rings. The highest BCUT2D eigenvalue weighted by Gasteiger charge is 2.39. The van der Waals surface area contributed by atoms with Gasteiger partial charge in [-0.1, -0.05) is 194 Å².